The molecule has 25 heavy (non-hydrogen) atoms. The maximum absolute atomic E-state index is 12.6. The van der Waals surface area contributed by atoms with Crippen molar-refractivity contribution < 1.29 is 4.79 Å². The molecule has 0 aliphatic carbocycles. The number of aromatic nitrogens is 2. The van der Waals surface area contributed by atoms with E-state index in [1.54, 1.807) is 12.1 Å². The summed E-state index contributed by atoms with van der Waals surface area (Å²) in [6.07, 6.45) is 0.603. The van der Waals surface area contributed by atoms with Crippen LogP contribution in [0.4, 0.5) is 5.69 Å². The zero-order valence-corrected chi connectivity index (χ0v) is 16.3. The molecule has 1 unspecified atom stereocenters. The van der Waals surface area contributed by atoms with Gasteiger partial charge in [-0.05, 0) is 37.0 Å². The summed E-state index contributed by atoms with van der Waals surface area (Å²) >= 11 is 7.26. The summed E-state index contributed by atoms with van der Waals surface area (Å²) in [4.78, 5) is 31.6. The Kier molecular flexibility index (Phi) is 6.67. The standard InChI is InChI=1S/C18H22ClN3O2S/c1-5-15(17(24)20-14-8-12(19)7-6-11(14)4)25-18-21-13(10(2)3)9-16(23)22-18/h6-10,15H,5H2,1-4H3,(H,20,24)(H,21,22,23). The SMILES string of the molecule is CCC(Sc1nc(C(C)C)cc(=O)[nH]1)C(=O)Nc1cc(Cl)ccc1C. The molecule has 134 valence electrons. The summed E-state index contributed by atoms with van der Waals surface area (Å²) < 4.78 is 0. The molecule has 1 heterocycles. The quantitative estimate of drug-likeness (QED) is 0.577. The molecule has 0 saturated carbocycles. The van der Waals surface area contributed by atoms with Gasteiger partial charge in [-0.1, -0.05) is 50.2 Å². The molecule has 1 aromatic heterocycles. The smallest absolute Gasteiger partial charge is 0.251 e. The average molecular weight is 380 g/mol. The minimum Gasteiger partial charge on any atom is -0.325 e. The largest absolute Gasteiger partial charge is 0.325 e. The van der Waals surface area contributed by atoms with E-state index in [1.165, 1.54) is 17.8 Å². The lowest BCUT2D eigenvalue weighted by molar-refractivity contribution is -0.115. The molecule has 0 spiro atoms. The molecule has 0 radical (unpaired) electrons. The molecule has 5 nitrogen and oxygen atoms in total. The third kappa shape index (κ3) is 5.34. The first-order chi connectivity index (χ1) is 11.8. The molecular formula is C18H22ClN3O2S. The second kappa shape index (κ2) is 8.54. The number of aromatic amines is 1. The fourth-order valence-corrected chi connectivity index (χ4v) is 3.30. The number of benzene rings is 1. The highest BCUT2D eigenvalue weighted by molar-refractivity contribution is 8.00. The molecule has 0 fully saturated rings. The third-order valence-corrected chi connectivity index (χ3v) is 5.19. The van der Waals surface area contributed by atoms with Gasteiger partial charge in [-0.15, -0.1) is 0 Å². The van der Waals surface area contributed by atoms with Crippen LogP contribution in [0, 0.1) is 6.92 Å². The third-order valence-electron chi connectivity index (χ3n) is 3.71. The van der Waals surface area contributed by atoms with E-state index in [9.17, 15) is 9.59 Å². The van der Waals surface area contributed by atoms with Crippen molar-refractivity contribution in [1.82, 2.24) is 9.97 Å². The number of hydrogen-bond donors (Lipinski definition) is 2. The summed E-state index contributed by atoms with van der Waals surface area (Å²) in [6.45, 7) is 7.78. The van der Waals surface area contributed by atoms with Crippen molar-refractivity contribution in [3.05, 3.63) is 50.9 Å². The Balaban J connectivity index is 2.18. The first-order valence-corrected chi connectivity index (χ1v) is 9.40. The van der Waals surface area contributed by atoms with Gasteiger partial charge in [-0.2, -0.15) is 0 Å². The van der Waals surface area contributed by atoms with Gasteiger partial charge in [0.2, 0.25) is 5.91 Å². The summed E-state index contributed by atoms with van der Waals surface area (Å²) in [5.74, 6) is 0.000119. The average Bonchev–Trinajstić information content (AvgIpc) is 2.55. The highest BCUT2D eigenvalue weighted by atomic mass is 35.5. The molecule has 7 heteroatoms. The van der Waals surface area contributed by atoms with Crippen LogP contribution in [0.15, 0.2) is 34.2 Å². The number of amides is 1. The lowest BCUT2D eigenvalue weighted by atomic mass is 10.1. The topological polar surface area (TPSA) is 74.8 Å². The Labute approximate surface area is 156 Å². The van der Waals surface area contributed by atoms with Crippen LogP contribution >= 0.6 is 23.4 Å². The number of H-pyrrole nitrogens is 1. The van der Waals surface area contributed by atoms with Crippen molar-refractivity contribution in [3.8, 4) is 0 Å². The van der Waals surface area contributed by atoms with E-state index in [1.807, 2.05) is 33.8 Å². The fraction of sp³-hybridized carbons (Fsp3) is 0.389. The number of nitrogens with one attached hydrogen (secondary N) is 2. The van der Waals surface area contributed by atoms with Gasteiger partial charge in [-0.3, -0.25) is 9.59 Å². The predicted octanol–water partition coefficient (Wildman–Crippen LogP) is 4.36. The molecule has 0 aliphatic heterocycles. The van der Waals surface area contributed by atoms with Crippen molar-refractivity contribution in [3.63, 3.8) is 0 Å². The van der Waals surface area contributed by atoms with Gasteiger partial charge >= 0.3 is 0 Å². The first-order valence-electron chi connectivity index (χ1n) is 8.15. The molecule has 0 saturated heterocycles. The van der Waals surface area contributed by atoms with Crippen LogP contribution in [0.25, 0.3) is 0 Å². The number of carbonyl (C=O) groups excluding carboxylic acids is 1. The molecule has 0 bridgehead atoms. The van der Waals surface area contributed by atoms with E-state index < -0.39 is 0 Å². The highest BCUT2D eigenvalue weighted by Crippen LogP contribution is 2.26. The van der Waals surface area contributed by atoms with Gasteiger partial charge in [0.05, 0.1) is 10.9 Å². The van der Waals surface area contributed by atoms with E-state index in [0.717, 1.165) is 5.56 Å². The van der Waals surface area contributed by atoms with Crippen LogP contribution < -0.4 is 10.9 Å². The van der Waals surface area contributed by atoms with Crippen LogP contribution in [-0.2, 0) is 4.79 Å². The second-order valence-electron chi connectivity index (χ2n) is 6.09. The lowest BCUT2D eigenvalue weighted by Gasteiger charge is -2.16. The monoisotopic (exact) mass is 379 g/mol. The van der Waals surface area contributed by atoms with Crippen molar-refractivity contribution in [2.45, 2.75) is 50.4 Å². The molecular weight excluding hydrogens is 358 g/mol. The van der Waals surface area contributed by atoms with Crippen LogP contribution in [0.3, 0.4) is 0 Å². The first kappa shape index (κ1) is 19.5. The normalized spacial score (nSPS) is 12.2. The maximum atomic E-state index is 12.6. The van der Waals surface area contributed by atoms with Gasteiger partial charge in [-0.25, -0.2) is 4.98 Å². The van der Waals surface area contributed by atoms with E-state index in [4.69, 9.17) is 11.6 Å². The number of hydrogen-bond acceptors (Lipinski definition) is 4. The van der Waals surface area contributed by atoms with Crippen LogP contribution in [0.5, 0.6) is 0 Å². The van der Waals surface area contributed by atoms with Gasteiger partial charge in [0.1, 0.15) is 0 Å². The molecule has 2 aromatic rings. The molecule has 2 rings (SSSR count). The number of aryl methyl sites for hydroxylation is 1. The van der Waals surface area contributed by atoms with Crippen LogP contribution in [0.1, 0.15) is 44.4 Å². The van der Waals surface area contributed by atoms with E-state index in [2.05, 4.69) is 15.3 Å². The van der Waals surface area contributed by atoms with Gasteiger partial charge < -0.3 is 10.3 Å². The van der Waals surface area contributed by atoms with Crippen LogP contribution in [-0.4, -0.2) is 21.1 Å². The molecule has 1 aromatic carbocycles. The Bertz CT molecular complexity index is 820. The summed E-state index contributed by atoms with van der Waals surface area (Å²) in [5, 5.41) is 3.57. The minimum atomic E-state index is -0.371. The summed E-state index contributed by atoms with van der Waals surface area (Å²) in [5.41, 5.74) is 2.13. The van der Waals surface area contributed by atoms with Gasteiger partial charge in [0.15, 0.2) is 5.16 Å². The van der Waals surface area contributed by atoms with Gasteiger partial charge in [0, 0.05) is 16.8 Å². The van der Waals surface area contributed by atoms with E-state index in [0.29, 0.717) is 28.0 Å². The number of carbonyl (C=O) groups is 1. The number of nitrogens with zero attached hydrogens (tertiary/aromatic N) is 1. The fourth-order valence-electron chi connectivity index (χ4n) is 2.20. The Hall–Kier alpha value is -1.79. The van der Waals surface area contributed by atoms with Crippen molar-refractivity contribution in [2.75, 3.05) is 5.32 Å². The molecule has 1 amide bonds. The van der Waals surface area contributed by atoms with E-state index >= 15 is 0 Å². The number of rotatable bonds is 6. The summed E-state index contributed by atoms with van der Waals surface area (Å²) in [7, 11) is 0. The molecule has 0 aliphatic rings. The minimum absolute atomic E-state index is 0.143. The summed E-state index contributed by atoms with van der Waals surface area (Å²) in [6, 6.07) is 6.86. The number of halogens is 1. The van der Waals surface area contributed by atoms with Crippen molar-refractivity contribution in [1.29, 1.82) is 0 Å². The van der Waals surface area contributed by atoms with Crippen LogP contribution in [0.2, 0.25) is 5.02 Å². The van der Waals surface area contributed by atoms with Crippen molar-refractivity contribution in [2.24, 2.45) is 0 Å². The van der Waals surface area contributed by atoms with Crippen molar-refractivity contribution >= 4 is 35.0 Å². The van der Waals surface area contributed by atoms with Gasteiger partial charge in [0.25, 0.3) is 5.56 Å². The highest BCUT2D eigenvalue weighted by Gasteiger charge is 2.20. The zero-order chi connectivity index (χ0) is 18.6. The Morgan fingerprint density at radius 3 is 2.72 bits per heavy atom. The number of anilines is 1. The molecule has 2 N–H and O–H groups in total. The molecule has 1 atom stereocenters. The Morgan fingerprint density at radius 2 is 2.08 bits per heavy atom. The number of thioether (sulfide) groups is 1. The van der Waals surface area contributed by atoms with E-state index in [-0.39, 0.29) is 22.6 Å². The predicted molar refractivity (Wildman–Crippen MR) is 104 cm³/mol. The second-order valence-corrected chi connectivity index (χ2v) is 7.72. The Morgan fingerprint density at radius 1 is 1.36 bits per heavy atom. The zero-order valence-electron chi connectivity index (χ0n) is 14.7. The maximum Gasteiger partial charge on any atom is 0.251 e. The lowest BCUT2D eigenvalue weighted by Crippen LogP contribution is -2.25.